The highest BCUT2D eigenvalue weighted by molar-refractivity contribution is 9.10. The van der Waals surface area contributed by atoms with Crippen molar-refractivity contribution in [2.24, 2.45) is 0 Å². The smallest absolute Gasteiger partial charge is 0.0380 e. The minimum Gasteiger partial charge on any atom is -0.362 e. The van der Waals surface area contributed by atoms with Gasteiger partial charge < -0.3 is 5.32 Å². The molecule has 0 aliphatic rings. The molecule has 0 aliphatic carbocycles. The van der Waals surface area contributed by atoms with Crippen LogP contribution in [-0.2, 0) is 0 Å². The third kappa shape index (κ3) is 3.24. The molecule has 16 heavy (non-hydrogen) atoms. The third-order valence-corrected chi connectivity index (χ3v) is 2.70. The standard InChI is InChI=1S/C14H12BrN/c15-13-6-8-14(9-7-13)16-11-10-12-4-2-1-3-5-12/h1-11,16H. The van der Waals surface area contributed by atoms with Crippen molar-refractivity contribution in [2.75, 3.05) is 5.32 Å². The Hall–Kier alpha value is -1.54. The van der Waals surface area contributed by atoms with Crippen molar-refractivity contribution in [3.8, 4) is 0 Å². The van der Waals surface area contributed by atoms with Gasteiger partial charge in [0.2, 0.25) is 0 Å². The average molecular weight is 274 g/mol. The molecule has 2 aromatic rings. The summed E-state index contributed by atoms with van der Waals surface area (Å²) in [5.41, 5.74) is 2.27. The molecular formula is C14H12BrN. The Morgan fingerprint density at radius 1 is 0.875 bits per heavy atom. The first kappa shape index (κ1) is 11.0. The van der Waals surface area contributed by atoms with Crippen molar-refractivity contribution >= 4 is 27.7 Å². The molecule has 2 rings (SSSR count). The van der Waals surface area contributed by atoms with Gasteiger partial charge in [0.1, 0.15) is 0 Å². The number of hydrogen-bond donors (Lipinski definition) is 1. The maximum atomic E-state index is 3.40. The number of halogens is 1. The van der Waals surface area contributed by atoms with Crippen molar-refractivity contribution in [3.05, 3.63) is 70.8 Å². The van der Waals surface area contributed by atoms with Gasteiger partial charge in [-0.15, -0.1) is 0 Å². The topological polar surface area (TPSA) is 12.0 Å². The summed E-state index contributed by atoms with van der Waals surface area (Å²) in [5, 5.41) is 3.22. The van der Waals surface area contributed by atoms with E-state index in [1.165, 1.54) is 5.56 Å². The van der Waals surface area contributed by atoms with Crippen LogP contribution in [0.5, 0.6) is 0 Å². The van der Waals surface area contributed by atoms with E-state index < -0.39 is 0 Å². The largest absolute Gasteiger partial charge is 0.362 e. The summed E-state index contributed by atoms with van der Waals surface area (Å²) in [6.45, 7) is 0. The number of benzene rings is 2. The maximum Gasteiger partial charge on any atom is 0.0380 e. The monoisotopic (exact) mass is 273 g/mol. The summed E-state index contributed by atoms with van der Waals surface area (Å²) in [6, 6.07) is 18.3. The highest BCUT2D eigenvalue weighted by Gasteiger charge is 1.88. The first-order valence-corrected chi connectivity index (χ1v) is 5.87. The summed E-state index contributed by atoms with van der Waals surface area (Å²) in [4.78, 5) is 0. The Morgan fingerprint density at radius 3 is 2.25 bits per heavy atom. The highest BCUT2D eigenvalue weighted by atomic mass is 79.9. The third-order valence-electron chi connectivity index (χ3n) is 2.17. The van der Waals surface area contributed by atoms with E-state index in [0.717, 1.165) is 10.2 Å². The molecule has 0 bridgehead atoms. The van der Waals surface area contributed by atoms with Crippen molar-refractivity contribution < 1.29 is 0 Å². The quantitative estimate of drug-likeness (QED) is 0.866. The SMILES string of the molecule is Brc1ccc(NC=Cc2ccccc2)cc1. The minimum atomic E-state index is 1.08. The molecule has 0 heterocycles. The summed E-state index contributed by atoms with van der Waals surface area (Å²) in [5.74, 6) is 0. The Morgan fingerprint density at radius 2 is 1.56 bits per heavy atom. The predicted molar refractivity (Wildman–Crippen MR) is 73.2 cm³/mol. The number of anilines is 1. The number of rotatable bonds is 3. The molecule has 0 amide bonds. The van der Waals surface area contributed by atoms with Crippen molar-refractivity contribution in [1.82, 2.24) is 0 Å². The van der Waals surface area contributed by atoms with E-state index >= 15 is 0 Å². The summed E-state index contributed by atoms with van der Waals surface area (Å²) in [7, 11) is 0. The van der Waals surface area contributed by atoms with E-state index in [-0.39, 0.29) is 0 Å². The molecule has 0 aromatic heterocycles. The van der Waals surface area contributed by atoms with Gasteiger partial charge in [-0.1, -0.05) is 46.3 Å². The molecule has 0 unspecified atom stereocenters. The molecule has 0 spiro atoms. The zero-order chi connectivity index (χ0) is 11.2. The molecule has 0 radical (unpaired) electrons. The Balaban J connectivity index is 1.97. The van der Waals surface area contributed by atoms with Gasteiger partial charge >= 0.3 is 0 Å². The molecule has 0 saturated carbocycles. The summed E-state index contributed by atoms with van der Waals surface area (Å²) >= 11 is 3.40. The lowest BCUT2D eigenvalue weighted by molar-refractivity contribution is 1.56. The first-order chi connectivity index (χ1) is 7.84. The van der Waals surface area contributed by atoms with E-state index in [1.54, 1.807) is 0 Å². The van der Waals surface area contributed by atoms with Crippen molar-refractivity contribution in [3.63, 3.8) is 0 Å². The Kier molecular flexibility index (Phi) is 3.78. The normalized spacial score (nSPS) is 10.6. The van der Waals surface area contributed by atoms with Gasteiger partial charge in [-0.3, -0.25) is 0 Å². The minimum absolute atomic E-state index is 1.08. The highest BCUT2D eigenvalue weighted by Crippen LogP contribution is 2.14. The van der Waals surface area contributed by atoms with Crippen LogP contribution in [0.2, 0.25) is 0 Å². The second-order valence-corrected chi connectivity index (χ2v) is 4.31. The van der Waals surface area contributed by atoms with Gasteiger partial charge in [0.25, 0.3) is 0 Å². The lowest BCUT2D eigenvalue weighted by Gasteiger charge is -2.00. The van der Waals surface area contributed by atoms with E-state index in [0.29, 0.717) is 0 Å². The van der Waals surface area contributed by atoms with Crippen LogP contribution in [0.15, 0.2) is 65.3 Å². The van der Waals surface area contributed by atoms with Crippen LogP contribution in [0.25, 0.3) is 6.08 Å². The van der Waals surface area contributed by atoms with Crippen LogP contribution < -0.4 is 5.32 Å². The fourth-order valence-corrected chi connectivity index (χ4v) is 1.61. The van der Waals surface area contributed by atoms with Crippen LogP contribution in [0.3, 0.4) is 0 Å². The van der Waals surface area contributed by atoms with Gasteiger partial charge in [-0.05, 0) is 35.9 Å². The van der Waals surface area contributed by atoms with Gasteiger partial charge in [-0.2, -0.15) is 0 Å². The lowest BCUT2D eigenvalue weighted by Crippen LogP contribution is -1.85. The van der Waals surface area contributed by atoms with E-state index in [2.05, 4.69) is 33.4 Å². The van der Waals surface area contributed by atoms with E-state index in [4.69, 9.17) is 0 Å². The number of nitrogens with one attached hydrogen (secondary N) is 1. The van der Waals surface area contributed by atoms with Crippen LogP contribution >= 0.6 is 15.9 Å². The molecule has 0 atom stereocenters. The Labute approximate surface area is 104 Å². The van der Waals surface area contributed by atoms with Gasteiger partial charge in [-0.25, -0.2) is 0 Å². The molecule has 1 nitrogen and oxygen atoms in total. The van der Waals surface area contributed by atoms with Gasteiger partial charge in [0.15, 0.2) is 0 Å². The van der Waals surface area contributed by atoms with Crippen molar-refractivity contribution in [2.45, 2.75) is 0 Å². The summed E-state index contributed by atoms with van der Waals surface area (Å²) in [6.07, 6.45) is 3.99. The van der Waals surface area contributed by atoms with E-state index in [1.807, 2.05) is 54.7 Å². The number of hydrogen-bond acceptors (Lipinski definition) is 1. The molecule has 0 saturated heterocycles. The molecule has 2 heteroatoms. The second kappa shape index (κ2) is 5.52. The first-order valence-electron chi connectivity index (χ1n) is 5.08. The fourth-order valence-electron chi connectivity index (χ4n) is 1.34. The van der Waals surface area contributed by atoms with Gasteiger partial charge in [0.05, 0.1) is 0 Å². The van der Waals surface area contributed by atoms with Crippen LogP contribution in [0, 0.1) is 0 Å². The molecule has 1 N–H and O–H groups in total. The van der Waals surface area contributed by atoms with Crippen molar-refractivity contribution in [1.29, 1.82) is 0 Å². The van der Waals surface area contributed by atoms with Gasteiger partial charge in [0, 0.05) is 16.4 Å². The van der Waals surface area contributed by atoms with Crippen LogP contribution in [0.1, 0.15) is 5.56 Å². The molecule has 0 aliphatic heterocycles. The zero-order valence-corrected chi connectivity index (χ0v) is 10.3. The molecule has 80 valence electrons. The van der Waals surface area contributed by atoms with E-state index in [9.17, 15) is 0 Å². The van der Waals surface area contributed by atoms with Crippen LogP contribution in [-0.4, -0.2) is 0 Å². The fraction of sp³-hybridized carbons (Fsp3) is 0. The Bertz CT molecular complexity index is 460. The molecule has 2 aromatic carbocycles. The lowest BCUT2D eigenvalue weighted by atomic mass is 10.2. The average Bonchev–Trinajstić information content (AvgIpc) is 2.33. The maximum absolute atomic E-state index is 3.40. The predicted octanol–water partition coefficient (Wildman–Crippen LogP) is 4.53. The zero-order valence-electron chi connectivity index (χ0n) is 8.73. The van der Waals surface area contributed by atoms with Crippen LogP contribution in [0.4, 0.5) is 5.69 Å². The molecular weight excluding hydrogens is 262 g/mol. The second-order valence-electron chi connectivity index (χ2n) is 3.40. The summed E-state index contributed by atoms with van der Waals surface area (Å²) < 4.78 is 1.09. The molecule has 0 fully saturated rings.